The molecule has 3 rings (SSSR count). The van der Waals surface area contributed by atoms with Gasteiger partial charge in [-0.1, -0.05) is 59.6 Å². The molecule has 0 heterocycles. The number of ether oxygens (including phenoxy) is 1. The maximum Gasteiger partial charge on any atom is 0.418 e. The zero-order valence-corrected chi connectivity index (χ0v) is 22.5. The lowest BCUT2D eigenvalue weighted by molar-refractivity contribution is -0.138. The number of allylic oxidation sites excluding steroid dienone is 1. The number of amides is 1. The number of carboxylic acids is 1. The second-order valence-electron chi connectivity index (χ2n) is 8.61. The first-order chi connectivity index (χ1) is 18.9. The molecule has 1 amide bonds. The second-order valence-corrected chi connectivity index (χ2v) is 9.42. The maximum absolute atomic E-state index is 13.7. The first kappa shape index (κ1) is 30.5. The molecule has 208 valence electrons. The summed E-state index contributed by atoms with van der Waals surface area (Å²) >= 11 is 11.9. The topological polar surface area (TPSA) is 99.4 Å². The van der Waals surface area contributed by atoms with E-state index < -0.39 is 40.7 Å². The molecule has 0 saturated heterocycles. The molecule has 0 fully saturated rings. The fraction of sp³-hybridized carbons (Fsp3) is 0.207. The van der Waals surface area contributed by atoms with Crippen LogP contribution in [0.25, 0.3) is 0 Å². The number of halogens is 5. The highest BCUT2D eigenvalue weighted by molar-refractivity contribution is 6.32. The molecule has 0 bridgehead atoms. The monoisotopic (exact) mass is 590 g/mol. The Kier molecular flexibility index (Phi) is 10.2. The number of nitrogens with zero attached hydrogens (tertiary/aromatic N) is 1. The van der Waals surface area contributed by atoms with E-state index >= 15 is 0 Å². The lowest BCUT2D eigenvalue weighted by atomic mass is 9.88. The summed E-state index contributed by atoms with van der Waals surface area (Å²) in [6.45, 7) is 1.74. The van der Waals surface area contributed by atoms with E-state index in [0.717, 1.165) is 12.1 Å². The first-order valence-electron chi connectivity index (χ1n) is 11.9. The second kappa shape index (κ2) is 13.4. The van der Waals surface area contributed by atoms with E-state index in [-0.39, 0.29) is 24.3 Å². The van der Waals surface area contributed by atoms with Crippen molar-refractivity contribution in [2.24, 2.45) is 0 Å². The maximum atomic E-state index is 13.7. The predicted octanol–water partition coefficient (Wildman–Crippen LogP) is 7.57. The number of rotatable bonds is 10. The molecule has 0 unspecified atom stereocenters. The molecule has 3 aromatic rings. The van der Waals surface area contributed by atoms with Crippen molar-refractivity contribution in [3.05, 3.63) is 111 Å². The summed E-state index contributed by atoms with van der Waals surface area (Å²) in [6.07, 6.45) is -2.36. The Hall–Kier alpha value is -4.00. The molecule has 40 heavy (non-hydrogen) atoms. The highest BCUT2D eigenvalue weighted by Crippen LogP contribution is 2.42. The van der Waals surface area contributed by atoms with Crippen LogP contribution in [0.4, 0.5) is 13.2 Å². The average Bonchev–Trinajstić information content (AvgIpc) is 2.91. The summed E-state index contributed by atoms with van der Waals surface area (Å²) in [5, 5.41) is 20.4. The van der Waals surface area contributed by atoms with Gasteiger partial charge in [0.25, 0.3) is 5.91 Å². The van der Waals surface area contributed by atoms with E-state index in [2.05, 4.69) is 5.32 Å². The summed E-state index contributed by atoms with van der Waals surface area (Å²) in [5.74, 6) is -2.25. The lowest BCUT2D eigenvalue weighted by Gasteiger charge is -2.28. The zero-order chi connectivity index (χ0) is 29.4. The van der Waals surface area contributed by atoms with Gasteiger partial charge in [0.05, 0.1) is 22.6 Å². The van der Waals surface area contributed by atoms with Crippen molar-refractivity contribution in [3.8, 4) is 11.8 Å². The van der Waals surface area contributed by atoms with Crippen LogP contribution < -0.4 is 10.1 Å². The standard InChI is InChI=1S/C29H23Cl2F3N2O4/c1-2-3-23(17-4-6-19(7-5-17)28(39)36-13-12-25(37)38)27(18-8-10-21(30)11-9-18)40-22-14-20(16-35)26(31)24(15-22)29(32,33)34/h2-11,14-15,23,27H,12-13H2,1H3,(H,36,39)(H,37,38)/b3-2+/t23-,27+/m1/s1. The summed E-state index contributed by atoms with van der Waals surface area (Å²) < 4.78 is 47.2. The molecule has 0 spiro atoms. The molecule has 0 aliphatic carbocycles. The zero-order valence-electron chi connectivity index (χ0n) is 21.0. The molecule has 0 aromatic heterocycles. The van der Waals surface area contributed by atoms with Crippen molar-refractivity contribution < 1.29 is 32.6 Å². The summed E-state index contributed by atoms with van der Waals surface area (Å²) in [5.41, 5.74) is -0.0275. The van der Waals surface area contributed by atoms with Crippen LogP contribution in [0, 0.1) is 11.3 Å². The Morgan fingerprint density at radius 3 is 2.25 bits per heavy atom. The number of hydrogen-bond acceptors (Lipinski definition) is 4. The lowest BCUT2D eigenvalue weighted by Crippen LogP contribution is -2.26. The van der Waals surface area contributed by atoms with Gasteiger partial charge in [-0.15, -0.1) is 0 Å². The number of aliphatic carboxylic acids is 1. The number of carboxylic acid groups (broad SMARTS) is 1. The van der Waals surface area contributed by atoms with Gasteiger partial charge in [0, 0.05) is 23.0 Å². The summed E-state index contributed by atoms with van der Waals surface area (Å²) in [6, 6.07) is 16.6. The molecule has 0 aliphatic heterocycles. The Morgan fingerprint density at radius 1 is 1.07 bits per heavy atom. The van der Waals surface area contributed by atoms with Crippen molar-refractivity contribution in [1.82, 2.24) is 5.32 Å². The van der Waals surface area contributed by atoms with E-state index in [1.54, 1.807) is 73.7 Å². The first-order valence-corrected chi connectivity index (χ1v) is 12.7. The highest BCUT2D eigenvalue weighted by Gasteiger charge is 2.36. The minimum Gasteiger partial charge on any atom is -0.485 e. The molecule has 0 aliphatic rings. The van der Waals surface area contributed by atoms with Crippen molar-refractivity contribution >= 4 is 35.1 Å². The molecule has 6 nitrogen and oxygen atoms in total. The van der Waals surface area contributed by atoms with Crippen LogP contribution in [-0.4, -0.2) is 23.5 Å². The van der Waals surface area contributed by atoms with Gasteiger partial charge in [-0.2, -0.15) is 18.4 Å². The predicted molar refractivity (Wildman–Crippen MR) is 145 cm³/mol. The fourth-order valence-electron chi connectivity index (χ4n) is 3.94. The molecular weight excluding hydrogens is 568 g/mol. The smallest absolute Gasteiger partial charge is 0.418 e. The van der Waals surface area contributed by atoms with Crippen molar-refractivity contribution in [1.29, 1.82) is 5.26 Å². The van der Waals surface area contributed by atoms with Gasteiger partial charge < -0.3 is 15.2 Å². The number of hydrogen-bond donors (Lipinski definition) is 2. The van der Waals surface area contributed by atoms with E-state index in [0.29, 0.717) is 21.7 Å². The van der Waals surface area contributed by atoms with Gasteiger partial charge in [-0.05, 0) is 54.4 Å². The van der Waals surface area contributed by atoms with Crippen LogP contribution in [0.5, 0.6) is 5.75 Å². The minimum atomic E-state index is -4.82. The molecule has 11 heteroatoms. The largest absolute Gasteiger partial charge is 0.485 e. The van der Waals surface area contributed by atoms with Gasteiger partial charge in [-0.25, -0.2) is 0 Å². The summed E-state index contributed by atoms with van der Waals surface area (Å²) in [7, 11) is 0. The number of carbonyl (C=O) groups is 2. The average molecular weight is 591 g/mol. The number of benzene rings is 3. The Morgan fingerprint density at radius 2 is 1.70 bits per heavy atom. The Balaban J connectivity index is 2.04. The third-order valence-electron chi connectivity index (χ3n) is 5.84. The van der Waals surface area contributed by atoms with Crippen LogP contribution in [-0.2, 0) is 11.0 Å². The van der Waals surface area contributed by atoms with Gasteiger partial charge in [0.1, 0.15) is 17.9 Å². The van der Waals surface area contributed by atoms with Crippen molar-refractivity contribution in [2.75, 3.05) is 6.54 Å². The van der Waals surface area contributed by atoms with Crippen LogP contribution in [0.2, 0.25) is 10.0 Å². The van der Waals surface area contributed by atoms with E-state index in [1.807, 2.05) is 0 Å². The Bertz CT molecular complexity index is 1430. The van der Waals surface area contributed by atoms with Crippen LogP contribution in [0.1, 0.15) is 58.0 Å². The van der Waals surface area contributed by atoms with Gasteiger partial charge in [0.15, 0.2) is 0 Å². The van der Waals surface area contributed by atoms with Crippen LogP contribution >= 0.6 is 23.2 Å². The summed E-state index contributed by atoms with van der Waals surface area (Å²) in [4.78, 5) is 23.1. The normalized spacial score (nSPS) is 12.9. The third kappa shape index (κ3) is 7.78. The van der Waals surface area contributed by atoms with E-state index in [9.17, 15) is 28.0 Å². The fourth-order valence-corrected chi connectivity index (χ4v) is 4.32. The van der Waals surface area contributed by atoms with Crippen LogP contribution in [0.15, 0.2) is 72.8 Å². The SMILES string of the molecule is C/C=C/[C@H](c1ccc(C(=O)NCCC(=O)O)cc1)[C@@H](Oc1cc(C#N)c(Cl)c(C(F)(F)F)c1)c1ccc(Cl)cc1. The quantitative estimate of drug-likeness (QED) is 0.237. The van der Waals surface area contributed by atoms with Crippen molar-refractivity contribution in [3.63, 3.8) is 0 Å². The van der Waals surface area contributed by atoms with Crippen molar-refractivity contribution in [2.45, 2.75) is 31.5 Å². The number of alkyl halides is 3. The Labute approximate surface area is 238 Å². The minimum absolute atomic E-state index is 0.0325. The molecule has 2 N–H and O–H groups in total. The van der Waals surface area contributed by atoms with E-state index in [1.165, 1.54) is 0 Å². The van der Waals surface area contributed by atoms with E-state index in [4.69, 9.17) is 33.0 Å². The highest BCUT2D eigenvalue weighted by atomic mass is 35.5. The molecule has 3 aromatic carbocycles. The van der Waals surface area contributed by atoms with Gasteiger partial charge >= 0.3 is 12.1 Å². The van der Waals surface area contributed by atoms with Gasteiger partial charge in [-0.3, -0.25) is 9.59 Å². The number of carbonyl (C=O) groups excluding carboxylic acids is 1. The number of nitrogens with one attached hydrogen (secondary N) is 1. The molecule has 0 radical (unpaired) electrons. The molecular formula is C29H23Cl2F3N2O4. The van der Waals surface area contributed by atoms with Gasteiger partial charge in [0.2, 0.25) is 0 Å². The number of nitriles is 1. The molecule has 2 atom stereocenters. The molecule has 0 saturated carbocycles. The van der Waals surface area contributed by atoms with Crippen LogP contribution in [0.3, 0.4) is 0 Å². The third-order valence-corrected chi connectivity index (χ3v) is 6.50.